The van der Waals surface area contributed by atoms with Gasteiger partial charge in [-0.1, -0.05) is 93.3 Å². The average Bonchev–Trinajstić information content (AvgIpc) is 2.93. The number of benzene rings is 2. The van der Waals surface area contributed by atoms with E-state index in [2.05, 4.69) is 17.6 Å². The number of ether oxygens (including phenoxy) is 1. The molecule has 0 aromatic heterocycles. The number of alkyl carbamates (subject to hydrolysis) is 1. The SMILES string of the molecule is CCCCCCCN(C(=O)C(CCC(N)=O)NC(=O)OC(C)(C)C)C(C(=O)NCc1ccccc1)c1ccccc1. The van der Waals surface area contributed by atoms with Crippen molar-refractivity contribution in [3.8, 4) is 0 Å². The van der Waals surface area contributed by atoms with Crippen LogP contribution in [0.25, 0.3) is 0 Å². The van der Waals surface area contributed by atoms with Crippen LogP contribution in [0.15, 0.2) is 60.7 Å². The number of nitrogens with two attached hydrogens (primary N) is 1. The van der Waals surface area contributed by atoms with E-state index in [0.717, 1.165) is 31.2 Å². The summed E-state index contributed by atoms with van der Waals surface area (Å²) in [5.74, 6) is -1.41. The molecular formula is C32H46N4O5. The van der Waals surface area contributed by atoms with Crippen molar-refractivity contribution in [2.45, 2.75) is 96.9 Å². The predicted molar refractivity (Wildman–Crippen MR) is 160 cm³/mol. The molecule has 0 aliphatic rings. The lowest BCUT2D eigenvalue weighted by Crippen LogP contribution is -2.53. The van der Waals surface area contributed by atoms with E-state index in [4.69, 9.17) is 10.5 Å². The summed E-state index contributed by atoms with van der Waals surface area (Å²) in [6, 6.07) is 16.6. The number of carbonyl (C=O) groups excluding carboxylic acids is 4. The second kappa shape index (κ2) is 17.0. The molecule has 0 bridgehead atoms. The van der Waals surface area contributed by atoms with E-state index in [0.29, 0.717) is 25.1 Å². The Morgan fingerprint density at radius 3 is 2.10 bits per heavy atom. The van der Waals surface area contributed by atoms with Gasteiger partial charge < -0.3 is 26.0 Å². The normalized spacial score (nSPS) is 12.6. The molecule has 0 saturated heterocycles. The van der Waals surface area contributed by atoms with Crippen LogP contribution in [0.4, 0.5) is 4.79 Å². The molecule has 9 heteroatoms. The van der Waals surface area contributed by atoms with Crippen molar-refractivity contribution >= 4 is 23.8 Å². The highest BCUT2D eigenvalue weighted by atomic mass is 16.6. The van der Waals surface area contributed by atoms with Gasteiger partial charge in [0.2, 0.25) is 17.7 Å². The Morgan fingerprint density at radius 1 is 0.902 bits per heavy atom. The highest BCUT2D eigenvalue weighted by molar-refractivity contribution is 5.92. The van der Waals surface area contributed by atoms with Gasteiger partial charge in [0.1, 0.15) is 17.7 Å². The van der Waals surface area contributed by atoms with E-state index in [1.807, 2.05) is 60.7 Å². The Morgan fingerprint density at radius 2 is 1.51 bits per heavy atom. The van der Waals surface area contributed by atoms with Crippen molar-refractivity contribution in [1.29, 1.82) is 0 Å². The third-order valence-electron chi connectivity index (χ3n) is 6.44. The quantitative estimate of drug-likeness (QED) is 0.246. The van der Waals surface area contributed by atoms with Crippen LogP contribution in [0.1, 0.15) is 89.8 Å². The monoisotopic (exact) mass is 566 g/mol. The van der Waals surface area contributed by atoms with Crippen molar-refractivity contribution in [2.75, 3.05) is 6.54 Å². The fraction of sp³-hybridized carbons (Fsp3) is 0.500. The minimum Gasteiger partial charge on any atom is -0.444 e. The van der Waals surface area contributed by atoms with Gasteiger partial charge in [-0.2, -0.15) is 0 Å². The highest BCUT2D eigenvalue weighted by Gasteiger charge is 2.36. The number of amides is 4. The Balaban J connectivity index is 2.43. The Bertz CT molecular complexity index is 1100. The summed E-state index contributed by atoms with van der Waals surface area (Å²) in [7, 11) is 0. The number of hydrogen-bond donors (Lipinski definition) is 3. The lowest BCUT2D eigenvalue weighted by molar-refractivity contribution is -0.143. The molecular weight excluding hydrogens is 520 g/mol. The van der Waals surface area contributed by atoms with Crippen LogP contribution in [0.3, 0.4) is 0 Å². The van der Waals surface area contributed by atoms with Gasteiger partial charge in [0.05, 0.1) is 0 Å². The first-order valence-corrected chi connectivity index (χ1v) is 14.5. The van der Waals surface area contributed by atoms with Gasteiger partial charge in [-0.05, 0) is 44.7 Å². The molecule has 0 aliphatic carbocycles. The Hall–Kier alpha value is -3.88. The van der Waals surface area contributed by atoms with Gasteiger partial charge in [0.25, 0.3) is 0 Å². The smallest absolute Gasteiger partial charge is 0.408 e. The van der Waals surface area contributed by atoms with Gasteiger partial charge in [0.15, 0.2) is 0 Å². The highest BCUT2D eigenvalue weighted by Crippen LogP contribution is 2.24. The molecule has 2 rings (SSSR count). The van der Waals surface area contributed by atoms with E-state index in [1.54, 1.807) is 20.8 Å². The van der Waals surface area contributed by atoms with E-state index >= 15 is 0 Å². The fourth-order valence-electron chi connectivity index (χ4n) is 4.44. The summed E-state index contributed by atoms with van der Waals surface area (Å²) in [5.41, 5.74) is 6.18. The molecule has 0 spiro atoms. The molecule has 2 unspecified atom stereocenters. The largest absolute Gasteiger partial charge is 0.444 e. The molecule has 41 heavy (non-hydrogen) atoms. The minimum absolute atomic E-state index is 0.0209. The number of rotatable bonds is 16. The molecule has 0 heterocycles. The van der Waals surface area contributed by atoms with E-state index in [1.165, 1.54) is 4.90 Å². The minimum atomic E-state index is -1.11. The van der Waals surface area contributed by atoms with Crippen LogP contribution in [-0.4, -0.2) is 46.9 Å². The number of unbranched alkanes of at least 4 members (excludes halogenated alkanes) is 4. The first kappa shape index (κ1) is 33.3. The van der Waals surface area contributed by atoms with Gasteiger partial charge in [0, 0.05) is 19.5 Å². The van der Waals surface area contributed by atoms with E-state index in [9.17, 15) is 19.2 Å². The maximum atomic E-state index is 14.2. The Labute approximate surface area is 244 Å². The molecule has 2 aromatic rings. The molecule has 224 valence electrons. The van der Waals surface area contributed by atoms with Crippen LogP contribution in [0, 0.1) is 0 Å². The number of hydrogen-bond acceptors (Lipinski definition) is 5. The summed E-state index contributed by atoms with van der Waals surface area (Å²) in [6.45, 7) is 7.88. The predicted octanol–water partition coefficient (Wildman–Crippen LogP) is 5.00. The van der Waals surface area contributed by atoms with Gasteiger partial charge in [-0.25, -0.2) is 4.79 Å². The fourth-order valence-corrected chi connectivity index (χ4v) is 4.44. The number of nitrogens with zero attached hydrogens (tertiary/aromatic N) is 1. The zero-order chi connectivity index (χ0) is 30.3. The van der Waals surface area contributed by atoms with Crippen molar-refractivity contribution in [3.05, 3.63) is 71.8 Å². The zero-order valence-electron chi connectivity index (χ0n) is 24.9. The second-order valence-corrected chi connectivity index (χ2v) is 11.2. The van der Waals surface area contributed by atoms with Crippen LogP contribution < -0.4 is 16.4 Å². The van der Waals surface area contributed by atoms with Crippen LogP contribution in [0.5, 0.6) is 0 Å². The third kappa shape index (κ3) is 12.4. The summed E-state index contributed by atoms with van der Waals surface area (Å²) in [5, 5.41) is 5.62. The van der Waals surface area contributed by atoms with E-state index in [-0.39, 0.29) is 18.7 Å². The van der Waals surface area contributed by atoms with Crippen molar-refractivity contribution in [1.82, 2.24) is 15.5 Å². The number of nitrogens with one attached hydrogen (secondary N) is 2. The molecule has 0 fully saturated rings. The van der Waals surface area contributed by atoms with E-state index < -0.39 is 35.6 Å². The van der Waals surface area contributed by atoms with Crippen molar-refractivity contribution in [2.24, 2.45) is 5.73 Å². The standard InChI is InChI=1S/C32H46N4O5/c1-5-6-7-8-15-22-36(30(39)26(20-21-27(33)37)35-31(40)41-32(2,3)4)28(25-18-13-10-14-19-25)29(38)34-23-24-16-11-9-12-17-24/h9-14,16-19,26,28H,5-8,15,20-23H2,1-4H3,(H2,33,37)(H,34,38)(H,35,40). The number of primary amides is 1. The van der Waals surface area contributed by atoms with Crippen LogP contribution in [0.2, 0.25) is 0 Å². The molecule has 9 nitrogen and oxygen atoms in total. The summed E-state index contributed by atoms with van der Waals surface area (Å²) < 4.78 is 5.39. The second-order valence-electron chi connectivity index (χ2n) is 11.2. The molecule has 0 radical (unpaired) electrons. The van der Waals surface area contributed by atoms with Gasteiger partial charge >= 0.3 is 6.09 Å². The third-order valence-corrected chi connectivity index (χ3v) is 6.44. The summed E-state index contributed by atoms with van der Waals surface area (Å²) in [4.78, 5) is 53.9. The van der Waals surface area contributed by atoms with Crippen LogP contribution >= 0.6 is 0 Å². The molecule has 4 N–H and O–H groups in total. The van der Waals surface area contributed by atoms with Gasteiger partial charge in [-0.3, -0.25) is 14.4 Å². The maximum Gasteiger partial charge on any atom is 0.408 e. The van der Waals surface area contributed by atoms with Gasteiger partial charge in [-0.15, -0.1) is 0 Å². The Kier molecular flexibility index (Phi) is 13.9. The lowest BCUT2D eigenvalue weighted by atomic mass is 10.0. The molecule has 2 aromatic carbocycles. The topological polar surface area (TPSA) is 131 Å². The lowest BCUT2D eigenvalue weighted by Gasteiger charge is -2.34. The first-order chi connectivity index (χ1) is 19.5. The first-order valence-electron chi connectivity index (χ1n) is 14.5. The summed E-state index contributed by atoms with van der Waals surface area (Å²) in [6.07, 6.45) is 3.80. The van der Waals surface area contributed by atoms with Crippen LogP contribution in [-0.2, 0) is 25.7 Å². The molecule has 2 atom stereocenters. The molecule has 0 aliphatic heterocycles. The van der Waals surface area contributed by atoms with Crippen molar-refractivity contribution < 1.29 is 23.9 Å². The molecule has 0 saturated carbocycles. The summed E-state index contributed by atoms with van der Waals surface area (Å²) >= 11 is 0. The van der Waals surface area contributed by atoms with Crippen molar-refractivity contribution in [3.63, 3.8) is 0 Å². The zero-order valence-corrected chi connectivity index (χ0v) is 24.9. The average molecular weight is 567 g/mol. The number of carbonyl (C=O) groups is 4. The maximum absolute atomic E-state index is 14.2. The molecule has 4 amide bonds.